The van der Waals surface area contributed by atoms with E-state index in [0.29, 0.717) is 21.6 Å². The summed E-state index contributed by atoms with van der Waals surface area (Å²) in [6, 6.07) is 22.8. The Bertz CT molecular complexity index is 1060. The van der Waals surface area contributed by atoms with Crippen molar-refractivity contribution in [3.05, 3.63) is 94.0 Å². The molecule has 162 valence electrons. The van der Waals surface area contributed by atoms with Crippen LogP contribution in [0.5, 0.6) is 0 Å². The molecule has 2 atom stereocenters. The smallest absolute Gasteiger partial charge is 0.238 e. The van der Waals surface area contributed by atoms with Crippen LogP contribution >= 0.6 is 46.7 Å². The van der Waals surface area contributed by atoms with E-state index in [1.54, 1.807) is 23.5 Å². The molecule has 2 saturated heterocycles. The van der Waals surface area contributed by atoms with Crippen LogP contribution in [0, 0.1) is 0 Å². The Morgan fingerprint density at radius 3 is 1.28 bits per heavy atom. The SMILES string of the molecule is O=C1CS[C@@H](c2ccc(Cl)cc2)N1c1ccc(N2C(=O)CS[C@H]2c2ccc(Cl)cc2)cc1. The maximum Gasteiger partial charge on any atom is 0.238 e. The van der Waals surface area contributed by atoms with E-state index >= 15 is 0 Å². The van der Waals surface area contributed by atoms with Gasteiger partial charge in [0, 0.05) is 21.4 Å². The van der Waals surface area contributed by atoms with Crippen LogP contribution in [0.3, 0.4) is 0 Å². The average molecular weight is 501 g/mol. The van der Waals surface area contributed by atoms with Gasteiger partial charge in [0.1, 0.15) is 10.7 Å². The van der Waals surface area contributed by atoms with E-state index in [1.807, 2.05) is 82.6 Å². The molecule has 0 bridgehead atoms. The van der Waals surface area contributed by atoms with Crippen molar-refractivity contribution in [3.8, 4) is 0 Å². The van der Waals surface area contributed by atoms with Gasteiger partial charge in [0.15, 0.2) is 0 Å². The third-order valence-electron chi connectivity index (χ3n) is 5.45. The van der Waals surface area contributed by atoms with Crippen molar-refractivity contribution in [2.75, 3.05) is 21.3 Å². The summed E-state index contributed by atoms with van der Waals surface area (Å²) in [5, 5.41) is 1.14. The predicted molar refractivity (Wildman–Crippen MR) is 135 cm³/mol. The maximum absolute atomic E-state index is 12.7. The third-order valence-corrected chi connectivity index (χ3v) is 8.38. The topological polar surface area (TPSA) is 40.6 Å². The number of benzene rings is 3. The molecule has 0 N–H and O–H groups in total. The average Bonchev–Trinajstić information content (AvgIpc) is 3.38. The zero-order valence-corrected chi connectivity index (χ0v) is 19.9. The van der Waals surface area contributed by atoms with Crippen LogP contribution in [-0.2, 0) is 9.59 Å². The van der Waals surface area contributed by atoms with Crippen LogP contribution in [0.25, 0.3) is 0 Å². The fraction of sp³-hybridized carbons (Fsp3) is 0.167. The molecule has 0 spiro atoms. The second-order valence-corrected chi connectivity index (χ2v) is 10.5. The van der Waals surface area contributed by atoms with Crippen molar-refractivity contribution in [1.82, 2.24) is 0 Å². The second-order valence-electron chi connectivity index (χ2n) is 7.47. The van der Waals surface area contributed by atoms with Gasteiger partial charge in [-0.15, -0.1) is 23.5 Å². The van der Waals surface area contributed by atoms with Crippen molar-refractivity contribution in [2.45, 2.75) is 10.7 Å². The summed E-state index contributed by atoms with van der Waals surface area (Å²) >= 11 is 15.2. The number of carbonyl (C=O) groups excluding carboxylic acids is 2. The lowest BCUT2D eigenvalue weighted by Crippen LogP contribution is -2.29. The fourth-order valence-corrected chi connectivity index (χ4v) is 6.54. The molecule has 3 aromatic rings. The molecular formula is C24H18Cl2N2O2S2. The van der Waals surface area contributed by atoms with E-state index in [4.69, 9.17) is 23.2 Å². The van der Waals surface area contributed by atoms with Crippen molar-refractivity contribution >= 4 is 69.9 Å². The zero-order chi connectivity index (χ0) is 22.2. The van der Waals surface area contributed by atoms with Gasteiger partial charge in [-0.2, -0.15) is 0 Å². The van der Waals surface area contributed by atoms with Crippen molar-refractivity contribution in [3.63, 3.8) is 0 Å². The highest BCUT2D eigenvalue weighted by Crippen LogP contribution is 2.45. The van der Waals surface area contributed by atoms with Gasteiger partial charge < -0.3 is 0 Å². The molecule has 2 amide bonds. The number of thioether (sulfide) groups is 2. The quantitative estimate of drug-likeness (QED) is 0.407. The zero-order valence-electron chi connectivity index (χ0n) is 16.8. The summed E-state index contributed by atoms with van der Waals surface area (Å²) in [5.74, 6) is 0.980. The number of hydrogen-bond acceptors (Lipinski definition) is 4. The number of hydrogen-bond donors (Lipinski definition) is 0. The molecule has 0 unspecified atom stereocenters. The van der Waals surface area contributed by atoms with Crippen LogP contribution in [0.2, 0.25) is 10.0 Å². The van der Waals surface area contributed by atoms with Crippen LogP contribution < -0.4 is 9.80 Å². The van der Waals surface area contributed by atoms with Gasteiger partial charge >= 0.3 is 0 Å². The predicted octanol–water partition coefficient (Wildman–Crippen LogP) is 6.55. The summed E-state index contributed by atoms with van der Waals surface area (Å²) in [4.78, 5) is 29.0. The van der Waals surface area contributed by atoms with E-state index in [0.717, 1.165) is 22.5 Å². The monoisotopic (exact) mass is 500 g/mol. The largest absolute Gasteiger partial charge is 0.295 e. The first-order chi connectivity index (χ1) is 15.5. The molecule has 32 heavy (non-hydrogen) atoms. The molecule has 3 aromatic carbocycles. The fourth-order valence-electron chi connectivity index (χ4n) is 3.93. The maximum atomic E-state index is 12.7. The lowest BCUT2D eigenvalue weighted by Gasteiger charge is -2.27. The molecule has 2 aliphatic rings. The van der Waals surface area contributed by atoms with E-state index in [9.17, 15) is 9.59 Å². The van der Waals surface area contributed by atoms with Crippen molar-refractivity contribution in [2.24, 2.45) is 0 Å². The van der Waals surface area contributed by atoms with Gasteiger partial charge in [0.25, 0.3) is 0 Å². The van der Waals surface area contributed by atoms with Crippen molar-refractivity contribution in [1.29, 1.82) is 0 Å². The summed E-state index contributed by atoms with van der Waals surface area (Å²) in [5.41, 5.74) is 3.68. The normalized spacial score (nSPS) is 20.9. The van der Waals surface area contributed by atoms with Gasteiger partial charge in [-0.05, 0) is 59.7 Å². The van der Waals surface area contributed by atoms with Crippen LogP contribution in [0.15, 0.2) is 72.8 Å². The second kappa shape index (κ2) is 9.02. The van der Waals surface area contributed by atoms with Gasteiger partial charge in [0.2, 0.25) is 11.8 Å². The Hall–Kier alpha value is -2.12. The molecule has 4 nitrogen and oxygen atoms in total. The number of nitrogens with zero attached hydrogens (tertiary/aromatic N) is 2. The Balaban J connectivity index is 1.42. The molecular weight excluding hydrogens is 483 g/mol. The Morgan fingerprint density at radius 2 is 0.938 bits per heavy atom. The minimum atomic E-state index is -0.101. The minimum absolute atomic E-state index is 0.0644. The number of amides is 2. The number of halogens is 2. The molecule has 2 aliphatic heterocycles. The van der Waals surface area contributed by atoms with Gasteiger partial charge in [0.05, 0.1) is 11.5 Å². The molecule has 8 heteroatoms. The Labute approximate surface area is 204 Å². The van der Waals surface area contributed by atoms with Gasteiger partial charge in [-0.25, -0.2) is 0 Å². The van der Waals surface area contributed by atoms with E-state index in [-0.39, 0.29) is 22.6 Å². The lowest BCUT2D eigenvalue weighted by molar-refractivity contribution is -0.116. The van der Waals surface area contributed by atoms with E-state index < -0.39 is 0 Å². The summed E-state index contributed by atoms with van der Waals surface area (Å²) < 4.78 is 0. The molecule has 0 saturated carbocycles. The number of rotatable bonds is 4. The van der Waals surface area contributed by atoms with Crippen molar-refractivity contribution < 1.29 is 9.59 Å². The summed E-state index contributed by atoms with van der Waals surface area (Å²) in [7, 11) is 0. The summed E-state index contributed by atoms with van der Waals surface area (Å²) in [6.07, 6.45) is 0. The highest BCUT2D eigenvalue weighted by atomic mass is 35.5. The highest BCUT2D eigenvalue weighted by molar-refractivity contribution is 8.01. The highest BCUT2D eigenvalue weighted by Gasteiger charge is 2.36. The Kier molecular flexibility index (Phi) is 6.12. The molecule has 2 heterocycles. The molecule has 0 radical (unpaired) electrons. The first-order valence-electron chi connectivity index (χ1n) is 9.99. The lowest BCUT2D eigenvalue weighted by atomic mass is 10.1. The number of anilines is 2. The standard InChI is InChI=1S/C24H18Cl2N2O2S2/c25-17-5-1-15(2-6-17)23-27(21(29)13-31-23)19-9-11-20(12-10-19)28-22(30)14-32-24(28)16-3-7-18(26)8-4-16/h1-12,23-24H,13-14H2/t23-,24-/m0/s1. The van der Waals surface area contributed by atoms with Gasteiger partial charge in [-0.3, -0.25) is 19.4 Å². The first kappa shape index (κ1) is 21.7. The van der Waals surface area contributed by atoms with E-state index in [2.05, 4.69) is 0 Å². The van der Waals surface area contributed by atoms with Gasteiger partial charge in [-0.1, -0.05) is 47.5 Å². The number of carbonyl (C=O) groups is 2. The molecule has 2 fully saturated rings. The first-order valence-corrected chi connectivity index (χ1v) is 12.8. The van der Waals surface area contributed by atoms with Crippen LogP contribution in [0.4, 0.5) is 11.4 Å². The summed E-state index contributed by atoms with van der Waals surface area (Å²) in [6.45, 7) is 0. The van der Waals surface area contributed by atoms with E-state index in [1.165, 1.54) is 0 Å². The third kappa shape index (κ3) is 4.13. The van der Waals surface area contributed by atoms with Crippen LogP contribution in [0.1, 0.15) is 21.9 Å². The molecule has 0 aliphatic carbocycles. The molecule has 5 rings (SSSR count). The minimum Gasteiger partial charge on any atom is -0.295 e. The Morgan fingerprint density at radius 1 is 0.594 bits per heavy atom. The van der Waals surface area contributed by atoms with Crippen LogP contribution in [-0.4, -0.2) is 23.3 Å². The molecule has 0 aromatic heterocycles.